The summed E-state index contributed by atoms with van der Waals surface area (Å²) in [5.74, 6) is -0.436. The maximum atomic E-state index is 11.1. The first-order chi connectivity index (χ1) is 8.19. The molecular weight excluding hydrogens is 238 g/mol. The van der Waals surface area contributed by atoms with Crippen molar-refractivity contribution in [2.24, 2.45) is 5.73 Å². The molecule has 1 aromatic carbocycles. The minimum atomic E-state index is -0.436. The lowest BCUT2D eigenvalue weighted by Crippen LogP contribution is -2.10. The molecule has 3 aromatic rings. The zero-order valence-electron chi connectivity index (χ0n) is 8.75. The third kappa shape index (κ3) is 1.49. The van der Waals surface area contributed by atoms with Gasteiger partial charge in [-0.1, -0.05) is 11.3 Å². The zero-order chi connectivity index (χ0) is 12.0. The predicted octanol–water partition coefficient (Wildman–Crippen LogP) is 1.14. The molecule has 2 aromatic heterocycles. The lowest BCUT2D eigenvalue weighted by Gasteiger charge is -1.95. The van der Waals surface area contributed by atoms with Crippen LogP contribution >= 0.6 is 11.3 Å². The van der Waals surface area contributed by atoms with Gasteiger partial charge in [0.25, 0.3) is 0 Å². The Morgan fingerprint density at radius 2 is 2.35 bits per heavy atom. The Morgan fingerprint density at radius 1 is 1.53 bits per heavy atom. The van der Waals surface area contributed by atoms with Crippen molar-refractivity contribution < 1.29 is 9.90 Å². The topological polar surface area (TPSA) is 80.6 Å². The average Bonchev–Trinajstić information content (AvgIpc) is 2.84. The van der Waals surface area contributed by atoms with Crippen molar-refractivity contribution in [1.82, 2.24) is 9.38 Å². The predicted molar refractivity (Wildman–Crippen MR) is 65.0 cm³/mol. The van der Waals surface area contributed by atoms with Crippen LogP contribution in [0.1, 0.15) is 16.1 Å². The number of hydrogen-bond acceptors (Lipinski definition) is 4. The van der Waals surface area contributed by atoms with Crippen molar-refractivity contribution in [2.75, 3.05) is 0 Å². The summed E-state index contributed by atoms with van der Waals surface area (Å²) in [5, 5.41) is 9.01. The van der Waals surface area contributed by atoms with Crippen LogP contribution in [-0.2, 0) is 6.61 Å². The smallest absolute Gasteiger partial charge is 0.248 e. The van der Waals surface area contributed by atoms with E-state index in [1.165, 1.54) is 11.3 Å². The van der Waals surface area contributed by atoms with Crippen molar-refractivity contribution >= 4 is 32.4 Å². The van der Waals surface area contributed by atoms with E-state index >= 15 is 0 Å². The molecule has 0 aliphatic heterocycles. The Bertz CT molecular complexity index is 729. The highest BCUT2D eigenvalue weighted by Gasteiger charge is 2.10. The summed E-state index contributed by atoms with van der Waals surface area (Å²) in [4.78, 5) is 16.1. The van der Waals surface area contributed by atoms with Crippen LogP contribution in [0.4, 0.5) is 0 Å². The molecule has 0 atom stereocenters. The van der Waals surface area contributed by atoms with Gasteiger partial charge in [0.2, 0.25) is 5.91 Å². The number of aliphatic hydroxyl groups is 1. The second kappa shape index (κ2) is 3.54. The van der Waals surface area contributed by atoms with Crippen LogP contribution in [0.3, 0.4) is 0 Å². The van der Waals surface area contributed by atoms with Gasteiger partial charge in [-0.3, -0.25) is 9.20 Å². The van der Waals surface area contributed by atoms with Gasteiger partial charge in [0.15, 0.2) is 4.96 Å². The SMILES string of the molecule is NC(=O)c1ccc2c(c1)sc1nc(CO)cn12. The van der Waals surface area contributed by atoms with Crippen molar-refractivity contribution in [3.63, 3.8) is 0 Å². The number of fused-ring (bicyclic) bond motifs is 3. The summed E-state index contributed by atoms with van der Waals surface area (Å²) >= 11 is 1.46. The number of aliphatic hydroxyl groups excluding tert-OH is 1. The molecule has 0 aliphatic rings. The number of nitrogens with zero attached hydrogens (tertiary/aromatic N) is 2. The average molecular weight is 247 g/mol. The number of primary amides is 1. The summed E-state index contributed by atoms with van der Waals surface area (Å²) in [7, 11) is 0. The fraction of sp³-hybridized carbons (Fsp3) is 0.0909. The molecule has 0 spiro atoms. The molecule has 3 N–H and O–H groups in total. The number of carbonyl (C=O) groups excluding carboxylic acids is 1. The number of thiazole rings is 1. The van der Waals surface area contributed by atoms with E-state index in [0.29, 0.717) is 11.3 Å². The van der Waals surface area contributed by atoms with Crippen molar-refractivity contribution in [2.45, 2.75) is 6.61 Å². The maximum absolute atomic E-state index is 11.1. The largest absolute Gasteiger partial charge is 0.390 e. The lowest BCUT2D eigenvalue weighted by molar-refractivity contribution is 0.100. The van der Waals surface area contributed by atoms with Crippen LogP contribution in [0.5, 0.6) is 0 Å². The van der Waals surface area contributed by atoms with Crippen molar-refractivity contribution in [3.05, 3.63) is 35.7 Å². The van der Waals surface area contributed by atoms with E-state index < -0.39 is 5.91 Å². The van der Waals surface area contributed by atoms with E-state index in [0.717, 1.165) is 15.2 Å². The first kappa shape index (κ1) is 10.2. The molecule has 17 heavy (non-hydrogen) atoms. The van der Waals surface area contributed by atoms with Crippen LogP contribution in [-0.4, -0.2) is 20.4 Å². The van der Waals surface area contributed by atoms with Gasteiger partial charge in [-0.05, 0) is 18.2 Å². The molecule has 86 valence electrons. The van der Waals surface area contributed by atoms with Gasteiger partial charge in [-0.15, -0.1) is 0 Å². The van der Waals surface area contributed by atoms with E-state index in [4.69, 9.17) is 10.8 Å². The molecule has 1 amide bonds. The summed E-state index contributed by atoms with van der Waals surface area (Å²) in [6.45, 7) is -0.0741. The van der Waals surface area contributed by atoms with Gasteiger partial charge in [0.1, 0.15) is 0 Å². The molecule has 0 radical (unpaired) electrons. The molecule has 0 unspecified atom stereocenters. The number of aromatic nitrogens is 2. The van der Waals surface area contributed by atoms with Gasteiger partial charge in [0, 0.05) is 11.8 Å². The Balaban J connectivity index is 2.30. The maximum Gasteiger partial charge on any atom is 0.248 e. The molecule has 2 heterocycles. The van der Waals surface area contributed by atoms with E-state index in [-0.39, 0.29) is 6.61 Å². The lowest BCUT2D eigenvalue weighted by atomic mass is 10.2. The van der Waals surface area contributed by atoms with Crippen LogP contribution in [0.2, 0.25) is 0 Å². The monoisotopic (exact) mass is 247 g/mol. The van der Waals surface area contributed by atoms with E-state index in [2.05, 4.69) is 4.98 Å². The highest BCUT2D eigenvalue weighted by Crippen LogP contribution is 2.27. The van der Waals surface area contributed by atoms with Gasteiger partial charge in [0.05, 0.1) is 22.5 Å². The quantitative estimate of drug-likeness (QED) is 0.712. The fourth-order valence-electron chi connectivity index (χ4n) is 1.78. The van der Waals surface area contributed by atoms with Crippen molar-refractivity contribution in [3.8, 4) is 0 Å². The van der Waals surface area contributed by atoms with Crippen LogP contribution in [0.25, 0.3) is 15.2 Å². The summed E-state index contributed by atoms with van der Waals surface area (Å²) < 4.78 is 2.85. The van der Waals surface area contributed by atoms with E-state index in [1.54, 1.807) is 18.3 Å². The van der Waals surface area contributed by atoms with Gasteiger partial charge >= 0.3 is 0 Å². The van der Waals surface area contributed by atoms with Crippen molar-refractivity contribution in [1.29, 1.82) is 0 Å². The third-order valence-electron chi connectivity index (χ3n) is 2.59. The number of benzene rings is 1. The highest BCUT2D eigenvalue weighted by molar-refractivity contribution is 7.23. The first-order valence-corrected chi connectivity index (χ1v) is 5.82. The standard InChI is InChI=1S/C11H9N3O2S/c12-10(16)6-1-2-8-9(3-6)17-11-13-7(5-15)4-14(8)11/h1-4,15H,5H2,(H2,12,16). The second-order valence-corrected chi connectivity index (χ2v) is 4.70. The van der Waals surface area contributed by atoms with Gasteiger partial charge in [-0.2, -0.15) is 0 Å². The number of hydrogen-bond donors (Lipinski definition) is 2. The molecular formula is C11H9N3O2S. The number of carbonyl (C=O) groups is 1. The number of imidazole rings is 1. The zero-order valence-corrected chi connectivity index (χ0v) is 9.57. The Hall–Kier alpha value is -1.92. The molecule has 0 saturated heterocycles. The molecule has 5 nitrogen and oxygen atoms in total. The van der Waals surface area contributed by atoms with Crippen LogP contribution < -0.4 is 5.73 Å². The fourth-order valence-corrected chi connectivity index (χ4v) is 2.84. The number of rotatable bonds is 2. The molecule has 0 fully saturated rings. The van der Waals surface area contributed by atoms with E-state index in [9.17, 15) is 4.79 Å². The number of amides is 1. The third-order valence-corrected chi connectivity index (χ3v) is 3.61. The normalized spacial score (nSPS) is 11.4. The minimum Gasteiger partial charge on any atom is -0.390 e. The summed E-state index contributed by atoms with van der Waals surface area (Å²) in [6, 6.07) is 5.28. The van der Waals surface area contributed by atoms with E-state index in [1.807, 2.05) is 10.5 Å². The molecule has 3 rings (SSSR count). The number of nitrogens with two attached hydrogens (primary N) is 1. The molecule has 0 aliphatic carbocycles. The van der Waals surface area contributed by atoms with Gasteiger partial charge < -0.3 is 10.8 Å². The molecule has 6 heteroatoms. The minimum absolute atomic E-state index is 0.0741. The van der Waals surface area contributed by atoms with Crippen LogP contribution in [0.15, 0.2) is 24.4 Å². The van der Waals surface area contributed by atoms with Gasteiger partial charge in [-0.25, -0.2) is 4.98 Å². The highest BCUT2D eigenvalue weighted by atomic mass is 32.1. The van der Waals surface area contributed by atoms with Crippen LogP contribution in [0, 0.1) is 0 Å². The second-order valence-electron chi connectivity index (χ2n) is 3.69. The Labute approximate surface area is 100 Å². The first-order valence-electron chi connectivity index (χ1n) is 5.00. The molecule has 0 bridgehead atoms. The summed E-state index contributed by atoms with van der Waals surface area (Å²) in [6.07, 6.45) is 1.79. The summed E-state index contributed by atoms with van der Waals surface area (Å²) in [5.41, 5.74) is 7.32. The Kier molecular flexibility index (Phi) is 2.13. The Morgan fingerprint density at radius 3 is 3.06 bits per heavy atom. The molecule has 0 saturated carbocycles.